The van der Waals surface area contributed by atoms with Crippen LogP contribution in [0.3, 0.4) is 0 Å². The van der Waals surface area contributed by atoms with E-state index in [0.717, 1.165) is 10.9 Å². The minimum Gasteiger partial charge on any atom is -0.548 e. The fourth-order valence-corrected chi connectivity index (χ4v) is 2.07. The molecule has 122 valence electrons. The number of ether oxygens (including phenoxy) is 1. The van der Waals surface area contributed by atoms with E-state index in [4.69, 9.17) is 4.74 Å². The average molecular weight is 315 g/mol. The Balaban J connectivity index is 2.11. The molecule has 1 aromatic heterocycles. The number of para-hydroxylation sites is 1. The van der Waals surface area contributed by atoms with Gasteiger partial charge in [0, 0.05) is 17.5 Å². The largest absolute Gasteiger partial charge is 0.548 e. The molecule has 1 amide bonds. The zero-order chi connectivity index (χ0) is 17.0. The predicted octanol–water partition coefficient (Wildman–Crippen LogP) is 1.42. The maximum absolute atomic E-state index is 11.7. The summed E-state index contributed by atoms with van der Waals surface area (Å²) in [6.07, 6.45) is -0.778. The van der Waals surface area contributed by atoms with E-state index in [1.807, 2.05) is 30.3 Å². The summed E-state index contributed by atoms with van der Waals surface area (Å²) in [5.74, 6) is -1.38. The van der Waals surface area contributed by atoms with Gasteiger partial charge >= 0.3 is 6.09 Å². The zero-order valence-electron chi connectivity index (χ0n) is 13.3. The topological polar surface area (TPSA) is 91.3 Å². The lowest BCUT2D eigenvalue weighted by Gasteiger charge is -2.24. The minimum atomic E-state index is -1.38. The van der Waals surface area contributed by atoms with Gasteiger partial charge in [-0.15, -0.1) is 0 Å². The number of rotatable bonds is 4. The third-order valence-corrected chi connectivity index (χ3v) is 3.04. The van der Waals surface area contributed by atoms with Crippen molar-refractivity contribution in [3.63, 3.8) is 0 Å². The molecule has 0 aliphatic rings. The third kappa shape index (κ3) is 4.95. The molecule has 0 unspecified atom stereocenters. The first kappa shape index (κ1) is 16.7. The zero-order valence-corrected chi connectivity index (χ0v) is 13.3. The molecule has 1 heterocycles. The number of carbonyl (C=O) groups excluding carboxylic acids is 2. The van der Waals surface area contributed by atoms with E-state index in [-0.39, 0.29) is 6.42 Å². The van der Waals surface area contributed by atoms with E-state index in [9.17, 15) is 14.7 Å². The van der Waals surface area contributed by atoms with Gasteiger partial charge in [0.2, 0.25) is 0 Å². The van der Waals surface area contributed by atoms with Crippen LogP contribution in [0.1, 0.15) is 26.5 Å². The second kappa shape index (κ2) is 6.64. The molecular formula is C17H19N2O4-. The van der Waals surface area contributed by atoms with Crippen LogP contribution in [-0.4, -0.2) is 28.7 Å². The van der Waals surface area contributed by atoms with E-state index in [0.29, 0.717) is 5.69 Å². The summed E-state index contributed by atoms with van der Waals surface area (Å²) < 4.78 is 5.06. The van der Waals surface area contributed by atoms with Crippen LogP contribution >= 0.6 is 0 Å². The van der Waals surface area contributed by atoms with Crippen LogP contribution in [0.2, 0.25) is 0 Å². The number of aliphatic carboxylic acids is 1. The van der Waals surface area contributed by atoms with E-state index in [1.165, 1.54) is 0 Å². The van der Waals surface area contributed by atoms with Gasteiger partial charge in [0.15, 0.2) is 0 Å². The molecule has 1 atom stereocenters. The van der Waals surface area contributed by atoms with Crippen molar-refractivity contribution in [3.8, 4) is 0 Å². The molecule has 0 radical (unpaired) electrons. The number of nitrogens with one attached hydrogen (secondary N) is 1. The van der Waals surface area contributed by atoms with Gasteiger partial charge in [-0.2, -0.15) is 0 Å². The van der Waals surface area contributed by atoms with Crippen LogP contribution in [0.25, 0.3) is 10.9 Å². The number of pyridine rings is 1. The maximum atomic E-state index is 11.7. The van der Waals surface area contributed by atoms with Gasteiger partial charge in [0.05, 0.1) is 17.5 Å². The second-order valence-corrected chi connectivity index (χ2v) is 6.22. The number of hydrogen-bond donors (Lipinski definition) is 1. The molecule has 0 aliphatic heterocycles. The van der Waals surface area contributed by atoms with Gasteiger partial charge in [-0.25, -0.2) is 4.79 Å². The molecule has 6 nitrogen and oxygen atoms in total. The van der Waals surface area contributed by atoms with Crippen molar-refractivity contribution in [2.24, 2.45) is 0 Å². The summed E-state index contributed by atoms with van der Waals surface area (Å²) in [7, 11) is 0. The van der Waals surface area contributed by atoms with Gasteiger partial charge < -0.3 is 20.0 Å². The summed E-state index contributed by atoms with van der Waals surface area (Å²) in [6, 6.07) is 9.90. The number of aromatic nitrogens is 1. The third-order valence-electron chi connectivity index (χ3n) is 3.04. The van der Waals surface area contributed by atoms with Crippen LogP contribution in [0.5, 0.6) is 0 Å². The van der Waals surface area contributed by atoms with Crippen LogP contribution in [-0.2, 0) is 16.0 Å². The molecule has 1 aromatic carbocycles. The number of nitrogens with zero attached hydrogens (tertiary/aromatic N) is 1. The second-order valence-electron chi connectivity index (χ2n) is 6.22. The summed E-state index contributed by atoms with van der Waals surface area (Å²) >= 11 is 0. The van der Waals surface area contributed by atoms with Crippen LogP contribution in [0, 0.1) is 0 Å². The van der Waals surface area contributed by atoms with Gasteiger partial charge in [-0.1, -0.05) is 24.3 Å². The maximum Gasteiger partial charge on any atom is 0.408 e. The normalized spacial score (nSPS) is 12.7. The van der Waals surface area contributed by atoms with Crippen molar-refractivity contribution in [1.82, 2.24) is 10.3 Å². The van der Waals surface area contributed by atoms with E-state index < -0.39 is 23.7 Å². The van der Waals surface area contributed by atoms with E-state index in [2.05, 4.69) is 10.3 Å². The Kier molecular flexibility index (Phi) is 4.83. The molecule has 23 heavy (non-hydrogen) atoms. The van der Waals surface area contributed by atoms with Gasteiger partial charge in [0.25, 0.3) is 0 Å². The highest BCUT2D eigenvalue weighted by atomic mass is 16.6. The number of benzene rings is 1. The number of amides is 1. The lowest BCUT2D eigenvalue weighted by Crippen LogP contribution is -2.50. The smallest absolute Gasteiger partial charge is 0.408 e. The standard InChI is InChI=1S/C17H20N2O4/c1-17(2,3)23-16(22)19-14(15(20)21)10-12-9-8-11-6-4-5-7-13(11)18-12/h4-9,14H,10H2,1-3H3,(H,19,22)(H,20,21)/p-1/t14-/m1/s1. The molecule has 1 N–H and O–H groups in total. The summed E-state index contributed by atoms with van der Waals surface area (Å²) in [5.41, 5.74) is 0.607. The van der Waals surface area contributed by atoms with Gasteiger partial charge in [-0.3, -0.25) is 4.98 Å². The summed E-state index contributed by atoms with van der Waals surface area (Å²) in [5, 5.41) is 14.5. The van der Waals surface area contributed by atoms with Gasteiger partial charge in [-0.05, 0) is 32.9 Å². The Labute approximate surface area is 134 Å². The molecule has 2 aromatic rings. The Hall–Kier alpha value is -2.63. The van der Waals surface area contributed by atoms with Gasteiger partial charge in [0.1, 0.15) is 5.60 Å². The molecule has 0 saturated carbocycles. The monoisotopic (exact) mass is 315 g/mol. The highest BCUT2D eigenvalue weighted by Gasteiger charge is 2.20. The molecule has 0 saturated heterocycles. The molecule has 0 bridgehead atoms. The van der Waals surface area contributed by atoms with Crippen molar-refractivity contribution >= 4 is 23.0 Å². The fraction of sp³-hybridized carbons (Fsp3) is 0.353. The van der Waals surface area contributed by atoms with E-state index >= 15 is 0 Å². The Bertz CT molecular complexity index is 722. The minimum absolute atomic E-state index is 0.0202. The SMILES string of the molecule is CC(C)(C)OC(=O)N[C@H](Cc1ccc2ccccc2n1)C(=O)[O-]. The van der Waals surface area contributed by atoms with Crippen LogP contribution in [0.15, 0.2) is 36.4 Å². The van der Waals surface area contributed by atoms with Crippen molar-refractivity contribution in [2.45, 2.75) is 38.8 Å². The lowest BCUT2D eigenvalue weighted by atomic mass is 10.1. The lowest BCUT2D eigenvalue weighted by molar-refractivity contribution is -0.308. The number of carbonyl (C=O) groups is 2. The molecule has 0 fully saturated rings. The number of alkyl carbamates (subject to hydrolysis) is 1. The number of carboxylic acids is 1. The molecule has 2 rings (SSSR count). The highest BCUT2D eigenvalue weighted by molar-refractivity contribution is 5.80. The Morgan fingerprint density at radius 1 is 1.22 bits per heavy atom. The molecule has 0 spiro atoms. The number of carboxylic acid groups (broad SMARTS) is 1. The van der Waals surface area contributed by atoms with Crippen molar-refractivity contribution in [2.75, 3.05) is 0 Å². The quantitative estimate of drug-likeness (QED) is 0.921. The highest BCUT2D eigenvalue weighted by Crippen LogP contribution is 2.13. The molecular weight excluding hydrogens is 296 g/mol. The molecule has 0 aliphatic carbocycles. The first-order valence-electron chi connectivity index (χ1n) is 7.30. The van der Waals surface area contributed by atoms with Crippen molar-refractivity contribution in [3.05, 3.63) is 42.1 Å². The average Bonchev–Trinajstić information content (AvgIpc) is 2.44. The van der Waals surface area contributed by atoms with E-state index in [1.54, 1.807) is 26.8 Å². The number of hydrogen-bond acceptors (Lipinski definition) is 5. The fourth-order valence-electron chi connectivity index (χ4n) is 2.07. The Morgan fingerprint density at radius 2 is 1.91 bits per heavy atom. The first-order chi connectivity index (χ1) is 10.7. The van der Waals surface area contributed by atoms with Crippen LogP contribution in [0.4, 0.5) is 4.79 Å². The number of fused-ring (bicyclic) bond motifs is 1. The Morgan fingerprint density at radius 3 is 2.57 bits per heavy atom. The summed E-state index contributed by atoms with van der Waals surface area (Å²) in [4.78, 5) is 27.4. The van der Waals surface area contributed by atoms with Crippen molar-refractivity contribution in [1.29, 1.82) is 0 Å². The van der Waals surface area contributed by atoms with Crippen molar-refractivity contribution < 1.29 is 19.4 Å². The first-order valence-corrected chi connectivity index (χ1v) is 7.30. The molecule has 6 heteroatoms. The summed E-state index contributed by atoms with van der Waals surface area (Å²) in [6.45, 7) is 5.10. The predicted molar refractivity (Wildman–Crippen MR) is 83.6 cm³/mol. The van der Waals surface area contributed by atoms with Crippen LogP contribution < -0.4 is 10.4 Å².